The minimum absolute atomic E-state index is 0.382. The van der Waals surface area contributed by atoms with Crippen LogP contribution in [0, 0.1) is 0 Å². The van der Waals surface area contributed by atoms with Crippen molar-refractivity contribution < 1.29 is 58.7 Å². The van der Waals surface area contributed by atoms with Gasteiger partial charge in [-0.25, -0.2) is 29.9 Å². The highest BCUT2D eigenvalue weighted by Crippen LogP contribution is 2.52. The van der Waals surface area contributed by atoms with Gasteiger partial charge < -0.3 is 83.0 Å². The van der Waals surface area contributed by atoms with E-state index in [1.807, 2.05) is 105 Å². The normalized spacial score (nSPS) is 29.6. The third-order valence-corrected chi connectivity index (χ3v) is 20.4. The van der Waals surface area contributed by atoms with Crippen molar-refractivity contribution in [3.8, 4) is 0 Å². The molecule has 17 rings (SSSR count). The Hall–Kier alpha value is -7.07. The monoisotopic (exact) mass is 1270 g/mol. The minimum atomic E-state index is -1.46. The Morgan fingerprint density at radius 3 is 1.18 bits per heavy atom. The fraction of sp³-hybridized carbons (Fsp3) is 0.471. The number of aliphatic hydroxyl groups is 5. The van der Waals surface area contributed by atoms with E-state index >= 15 is 0 Å². The largest absolute Gasteiger partial charge is 0.387 e. The summed E-state index contributed by atoms with van der Waals surface area (Å²) in [5, 5.41) is 65.1. The Kier molecular flexibility index (Phi) is 14.8. The highest BCUT2D eigenvalue weighted by Gasteiger charge is 2.63. The van der Waals surface area contributed by atoms with E-state index in [4.69, 9.17) is 44.8 Å². The maximum Gasteiger partial charge on any atom is 0.164 e. The van der Waals surface area contributed by atoms with E-state index in [2.05, 4.69) is 64.8 Å². The summed E-state index contributed by atoms with van der Waals surface area (Å²) in [6, 6.07) is 23.9. The zero-order valence-corrected chi connectivity index (χ0v) is 53.3. The maximum absolute atomic E-state index is 11.7. The van der Waals surface area contributed by atoms with Crippen molar-refractivity contribution >= 4 is 56.3 Å². The van der Waals surface area contributed by atoms with Crippen LogP contribution in [0.15, 0.2) is 110 Å². The Labute approximate surface area is 535 Å². The lowest BCUT2D eigenvalue weighted by atomic mass is 9.81. The summed E-state index contributed by atoms with van der Waals surface area (Å²) < 4.78 is 49.6. The van der Waals surface area contributed by atoms with Crippen LogP contribution in [0.4, 0.5) is 11.6 Å². The first-order valence-corrected chi connectivity index (χ1v) is 31.9. The molecule has 0 radical (unpaired) electrons. The van der Waals surface area contributed by atoms with Crippen LogP contribution in [-0.2, 0) is 88.5 Å². The molecule has 0 spiro atoms. The number of fused-ring (bicyclic) bond motifs is 8. The number of halogens is 1. The van der Waals surface area contributed by atoms with Crippen LogP contribution in [0.2, 0.25) is 5.15 Å². The molecule has 8 aliphatic rings. The number of benzene rings is 3. The fourth-order valence-corrected chi connectivity index (χ4v) is 15.0. The van der Waals surface area contributed by atoms with Crippen molar-refractivity contribution in [1.29, 1.82) is 0 Å². The zero-order valence-electron chi connectivity index (χ0n) is 52.6. The first kappa shape index (κ1) is 61.1. The molecule has 3 aliphatic carbocycles. The van der Waals surface area contributed by atoms with E-state index in [1.54, 1.807) is 38.6 Å². The van der Waals surface area contributed by atoms with Crippen molar-refractivity contribution in [1.82, 2.24) is 43.6 Å². The summed E-state index contributed by atoms with van der Waals surface area (Å²) in [5.74, 6) is -0.160. The second-order valence-corrected chi connectivity index (χ2v) is 27.2. The van der Waals surface area contributed by atoms with Crippen molar-refractivity contribution in [3.05, 3.63) is 166 Å². The molecule has 482 valence electrons. The molecule has 3 aromatic carbocycles. The number of aryl methyl sites for hydroxylation is 6. The van der Waals surface area contributed by atoms with Crippen molar-refractivity contribution in [2.24, 2.45) is 0 Å². The molecule has 0 unspecified atom stereocenters. The van der Waals surface area contributed by atoms with Gasteiger partial charge >= 0.3 is 0 Å². The van der Waals surface area contributed by atoms with Crippen LogP contribution in [0.1, 0.15) is 117 Å². The number of ether oxygens (including phenoxy) is 7. The van der Waals surface area contributed by atoms with Crippen LogP contribution in [-0.4, -0.2) is 150 Å². The molecule has 15 atom stereocenters. The third kappa shape index (κ3) is 10.0. The summed E-state index contributed by atoms with van der Waals surface area (Å²) in [7, 11) is 3.60. The summed E-state index contributed by atoms with van der Waals surface area (Å²) in [6.07, 6.45) is 7.95. The lowest BCUT2D eigenvalue weighted by molar-refractivity contribution is -0.221. The molecule has 0 amide bonds. The summed E-state index contributed by atoms with van der Waals surface area (Å²) in [4.78, 5) is 25.7. The molecule has 9 aromatic rings. The van der Waals surface area contributed by atoms with Gasteiger partial charge in [-0.2, -0.15) is 0 Å². The number of aromatic nitrogens is 9. The van der Waals surface area contributed by atoms with Crippen LogP contribution in [0.3, 0.4) is 0 Å². The molecule has 11 heterocycles. The predicted molar refractivity (Wildman–Crippen MR) is 338 cm³/mol. The van der Waals surface area contributed by atoms with E-state index in [1.165, 1.54) is 52.4 Å². The van der Waals surface area contributed by atoms with Gasteiger partial charge in [0.1, 0.15) is 124 Å². The lowest BCUT2D eigenvalue weighted by Gasteiger charge is -2.35. The maximum atomic E-state index is 11.7. The Morgan fingerprint density at radius 1 is 0.446 bits per heavy atom. The van der Waals surface area contributed by atoms with Crippen LogP contribution >= 0.6 is 11.6 Å². The molecule has 0 bridgehead atoms. The number of nitrogens with one attached hydrogen (secondary N) is 2. The second kappa shape index (κ2) is 22.3. The average molecular weight is 1270 g/mol. The van der Waals surface area contributed by atoms with Gasteiger partial charge in [-0.3, -0.25) is 0 Å². The molecule has 92 heavy (non-hydrogen) atoms. The van der Waals surface area contributed by atoms with Gasteiger partial charge in [0.05, 0.1) is 16.2 Å². The van der Waals surface area contributed by atoms with Crippen molar-refractivity contribution in [2.45, 2.75) is 189 Å². The van der Waals surface area contributed by atoms with Gasteiger partial charge in [0.2, 0.25) is 0 Å². The van der Waals surface area contributed by atoms with Crippen molar-refractivity contribution in [2.75, 3.05) is 24.7 Å². The van der Waals surface area contributed by atoms with Gasteiger partial charge in [-0.05, 0) is 155 Å². The fourth-order valence-electron chi connectivity index (χ4n) is 14.8. The molecular weight excluding hydrogens is 1200 g/mol. The predicted octanol–water partition coefficient (Wildman–Crippen LogP) is 7.50. The van der Waals surface area contributed by atoms with E-state index in [0.717, 1.165) is 77.3 Å². The number of hydrogen-bond acceptors (Lipinski definition) is 20. The highest BCUT2D eigenvalue weighted by molar-refractivity contribution is 6.33. The van der Waals surface area contributed by atoms with E-state index in [-0.39, 0.29) is 0 Å². The van der Waals surface area contributed by atoms with E-state index in [9.17, 15) is 25.5 Å². The van der Waals surface area contributed by atoms with Gasteiger partial charge in [0.15, 0.2) is 30.3 Å². The summed E-state index contributed by atoms with van der Waals surface area (Å²) >= 11 is 6.25. The first-order chi connectivity index (χ1) is 43.9. The molecule has 6 aromatic heterocycles. The Morgan fingerprint density at radius 2 is 0.793 bits per heavy atom. The Bertz CT molecular complexity index is 4340. The Balaban J connectivity index is 0.000000115. The van der Waals surface area contributed by atoms with Gasteiger partial charge in [0.25, 0.3) is 0 Å². The van der Waals surface area contributed by atoms with Crippen molar-refractivity contribution in [3.63, 3.8) is 0 Å². The number of rotatable bonds is 11. The number of aliphatic hydroxyl groups excluding tert-OH is 2. The first-order valence-electron chi connectivity index (χ1n) is 31.5. The second-order valence-electron chi connectivity index (χ2n) is 26.8. The van der Waals surface area contributed by atoms with Gasteiger partial charge in [0, 0.05) is 32.7 Å². The van der Waals surface area contributed by atoms with Crippen LogP contribution in [0.5, 0.6) is 0 Å². The van der Waals surface area contributed by atoms with Gasteiger partial charge in [-0.1, -0.05) is 66.2 Å². The quantitative estimate of drug-likeness (QED) is 0.0617. The molecule has 7 N–H and O–H groups in total. The van der Waals surface area contributed by atoms with Crippen LogP contribution in [0.25, 0.3) is 33.1 Å². The zero-order chi connectivity index (χ0) is 64.1. The summed E-state index contributed by atoms with van der Waals surface area (Å²) in [6.45, 7) is 12.8. The molecule has 23 nitrogen and oxygen atoms in total. The van der Waals surface area contributed by atoms with E-state index < -0.39 is 102 Å². The summed E-state index contributed by atoms with van der Waals surface area (Å²) in [5.41, 5.74) is 8.10. The molecule has 24 heteroatoms. The molecule has 5 saturated heterocycles. The van der Waals surface area contributed by atoms with Gasteiger partial charge in [-0.15, -0.1) is 0 Å². The number of hydrogen-bond donors (Lipinski definition) is 7. The number of anilines is 2. The highest BCUT2D eigenvalue weighted by atomic mass is 35.5. The number of nitrogens with zero attached hydrogens (tertiary/aromatic N) is 9. The molecule has 0 saturated carbocycles. The van der Waals surface area contributed by atoms with Crippen LogP contribution < -0.4 is 10.6 Å². The molecule has 5 fully saturated rings. The molecular formula is C68H76ClN11O12. The molecule has 5 aliphatic heterocycles. The third-order valence-electron chi connectivity index (χ3n) is 20.1. The van der Waals surface area contributed by atoms with E-state index in [0.29, 0.717) is 27.8 Å². The topological polar surface area (TPSA) is 282 Å². The standard InChI is InChI=1S/C24H28N4O4.C23H24ClN3O4.C21H24N4O4/c1-23(2)31-17-18(32-23)22(28-10-9-16-20(25-4)26-12-27-21(16)28)30-19(17)24(3,29)15-8-7-13-5-6-14(13)11-15;1-22(2)30-16-17(31-22)21(27-9-8-15-19(24)25-11-26-20(15)27)29-18(16)23(3,28)14-7-6-12-4-5-13(12)10-14;1-21(28,13-6-5-11-3-4-12(11)9-13)17-15(26)16(27)20(29-17)25-8-7-14-18(22-2)23-10-24-19(14)25/h7-12,17-19,22,29H,5-6H2,1-4H3,(H,25,26,27);6-11,16-18,21,28H,4-5H2,1-3H3;5-10,15-17,20,26-28H,3-4H2,1-2H3,(H,22,23,24)/t17-,18+,19-,22+,24+;16-,17+,18-,21+,23+;15-,16+,17-,20+,21+/m000/s1. The smallest absolute Gasteiger partial charge is 0.164 e. The minimum Gasteiger partial charge on any atom is -0.387 e. The lowest BCUT2D eigenvalue weighted by Crippen LogP contribution is -2.45. The average Bonchev–Trinajstić information content (AvgIpc) is 1.57. The SMILES string of the molecule is CC1(C)O[C@@H]2[C@H](O1)[C@@H]([C@](C)(O)c1ccc3c(c1)CC3)O[C@H]2n1ccc2c(Cl)ncnc21.CNc1ncnc2c1ccn2[C@@H]1O[C@H]([C@](C)(O)c2ccc3c(c2)CC3)[C@@H](O)[C@H]1O.CNc1ncnc2c1ccn2[C@@H]1O[C@H]([C@](C)(O)c2ccc3c(c2)CC3)[C@H]2OC(C)(C)O[C@H]21.